The number of hydrogen-bond donors (Lipinski definition) is 3. The maximum Gasteiger partial charge on any atom is 0.417 e. The van der Waals surface area contributed by atoms with Crippen molar-refractivity contribution in [3.8, 4) is 5.69 Å². The van der Waals surface area contributed by atoms with Crippen molar-refractivity contribution in [3.63, 3.8) is 0 Å². The topological polar surface area (TPSA) is 340 Å². The van der Waals surface area contributed by atoms with E-state index in [2.05, 4.69) is 73.9 Å². The lowest BCUT2D eigenvalue weighted by atomic mass is 9.92. The Morgan fingerprint density at radius 2 is 0.946 bits per heavy atom. The molecule has 9 atom stereocenters. The molecule has 17 heterocycles. The van der Waals surface area contributed by atoms with Gasteiger partial charge in [0.15, 0.2) is 0 Å². The summed E-state index contributed by atoms with van der Waals surface area (Å²) in [5, 5.41) is 38.7. The fourth-order valence-electron chi connectivity index (χ4n) is 20.8. The molecule has 3 N–H and O–H groups in total. The number of likely N-dealkylation sites (tertiary alicyclic amines) is 4. The van der Waals surface area contributed by atoms with Crippen LogP contribution in [0, 0.1) is 29.5 Å². The number of fused-ring (bicyclic) bond motifs is 4. The van der Waals surface area contributed by atoms with Gasteiger partial charge >= 0.3 is 18.5 Å². The van der Waals surface area contributed by atoms with Gasteiger partial charge in [0.1, 0.15) is 106 Å². The quantitative estimate of drug-likeness (QED) is 0.0352. The van der Waals surface area contributed by atoms with Crippen LogP contribution in [0.5, 0.6) is 0 Å². The molecule has 0 radical (unpaired) electrons. The van der Waals surface area contributed by atoms with Crippen LogP contribution in [0.25, 0.3) is 49.8 Å². The van der Waals surface area contributed by atoms with E-state index in [1.54, 1.807) is 49.4 Å². The molecule has 7 fully saturated rings. The van der Waals surface area contributed by atoms with E-state index in [1.165, 1.54) is 63.2 Å². The van der Waals surface area contributed by atoms with E-state index in [9.17, 15) is 78.4 Å². The van der Waals surface area contributed by atoms with Crippen molar-refractivity contribution in [1.82, 2.24) is 97.5 Å². The minimum Gasteiger partial charge on any atom is -0.394 e. The molecule has 2 aromatic carbocycles. The first kappa shape index (κ1) is 106. The fourth-order valence-corrected chi connectivity index (χ4v) is 20.8. The lowest BCUT2D eigenvalue weighted by Crippen LogP contribution is -2.52. The molecule has 1 saturated carbocycles. The molecular weight excluding hydrogens is 1940 g/mol. The van der Waals surface area contributed by atoms with Gasteiger partial charge in [-0.15, -0.1) is 0 Å². The van der Waals surface area contributed by atoms with Crippen LogP contribution in [-0.2, 0) is 86.4 Å². The molecule has 148 heavy (non-hydrogen) atoms. The van der Waals surface area contributed by atoms with E-state index in [0.29, 0.717) is 164 Å². The van der Waals surface area contributed by atoms with Gasteiger partial charge in [0.25, 0.3) is 0 Å². The summed E-state index contributed by atoms with van der Waals surface area (Å²) < 4.78 is 168. The van der Waals surface area contributed by atoms with Crippen LogP contribution in [-0.4, -0.2) is 291 Å². The highest BCUT2D eigenvalue weighted by Crippen LogP contribution is 2.42. The minimum absolute atomic E-state index is 0.0270. The van der Waals surface area contributed by atoms with Gasteiger partial charge in [-0.2, -0.15) is 44.6 Å². The minimum atomic E-state index is -4.46. The summed E-state index contributed by atoms with van der Waals surface area (Å²) in [4.78, 5) is 107. The van der Waals surface area contributed by atoms with E-state index < -0.39 is 65.7 Å². The van der Waals surface area contributed by atoms with Gasteiger partial charge in [0.05, 0.1) is 138 Å². The molecule has 6 aliphatic heterocycles. The second-order valence-electron chi connectivity index (χ2n) is 39.3. The number of rotatable bonds is 30. The second kappa shape index (κ2) is 46.9. The van der Waals surface area contributed by atoms with E-state index in [1.807, 2.05) is 101 Å². The highest BCUT2D eigenvalue weighted by molar-refractivity contribution is 5.91. The van der Waals surface area contributed by atoms with E-state index in [4.69, 9.17) is 9.47 Å². The van der Waals surface area contributed by atoms with Crippen LogP contribution >= 0.6 is 0 Å². The summed E-state index contributed by atoms with van der Waals surface area (Å²) in [6, 6.07) is 23.8. The molecular formula is C104H121F11N24O9. The van der Waals surface area contributed by atoms with Crippen LogP contribution in [0.2, 0.25) is 0 Å². The third-order valence-electron chi connectivity index (χ3n) is 28.8. The van der Waals surface area contributed by atoms with Gasteiger partial charge in [-0.05, 0) is 203 Å². The SMILES string of the molecule is CC(=O)C(CO)N1CCC(Cn2ccc3c(N(Cc4ccc(C(F)(F)F)cc4)C4CC4)ncnc32)C(O)C1.CC(=O)CN1CCC(Cn2ccc3c(N4CCOCC4c4ccc(C(F)(F)F)cn4)ncnc32)C(F)C1.CC(=O)CN1CCC(Cn2ccc3c(N4CCOCC4c4ccc(C(F)(F)F)cn4)ncnc32)CC1.CCN(Cc1ccc(-n2cccn2)cc1F)c1ncnc2c1ccn2CC1CCN(CC(C)=O)CC1O. The molecule has 7 aliphatic rings. The van der Waals surface area contributed by atoms with Gasteiger partial charge in [0.2, 0.25) is 0 Å². The Bertz CT molecular complexity index is 6680. The number of benzene rings is 2. The molecule has 1 aliphatic carbocycles. The number of Topliss-reactive ketones (excluding diaryl/α,β-unsaturated/α-hetero) is 4. The predicted octanol–water partition coefficient (Wildman–Crippen LogP) is 13.7. The molecule has 0 amide bonds. The second-order valence-corrected chi connectivity index (χ2v) is 39.3. The number of halogens is 11. The number of aromatic nitrogens is 16. The third-order valence-corrected chi connectivity index (χ3v) is 28.8. The Morgan fingerprint density at radius 3 is 1.41 bits per heavy atom. The van der Waals surface area contributed by atoms with Crippen molar-refractivity contribution in [2.24, 2.45) is 23.7 Å². The maximum atomic E-state index is 15.0. The highest BCUT2D eigenvalue weighted by Gasteiger charge is 2.41. The van der Waals surface area contributed by atoms with Crippen molar-refractivity contribution in [2.45, 2.75) is 180 Å². The zero-order valence-corrected chi connectivity index (χ0v) is 82.8. The van der Waals surface area contributed by atoms with Gasteiger partial charge in [-0.3, -0.25) is 48.7 Å². The first-order valence-corrected chi connectivity index (χ1v) is 50.0. The van der Waals surface area contributed by atoms with Crippen molar-refractivity contribution in [1.29, 1.82) is 0 Å². The van der Waals surface area contributed by atoms with Crippen LogP contribution in [0.15, 0.2) is 172 Å². The summed E-state index contributed by atoms with van der Waals surface area (Å²) in [5.41, 5.74) is 3.75. The molecule has 13 aromatic rings. The third kappa shape index (κ3) is 25.7. The predicted molar refractivity (Wildman–Crippen MR) is 530 cm³/mol. The number of carbonyl (C=O) groups excluding carboxylic acids is 4. The van der Waals surface area contributed by atoms with Crippen LogP contribution < -0.4 is 19.6 Å². The lowest BCUT2D eigenvalue weighted by Gasteiger charge is -2.39. The number of alkyl halides is 10. The number of morpholine rings is 2. The number of aliphatic hydroxyl groups excluding tert-OH is 3. The average Bonchev–Trinajstić information content (AvgIpc) is 1.59. The summed E-state index contributed by atoms with van der Waals surface area (Å²) >= 11 is 0. The van der Waals surface area contributed by atoms with Crippen LogP contribution in [0.1, 0.15) is 131 Å². The first-order chi connectivity index (χ1) is 71.1. The van der Waals surface area contributed by atoms with Crippen LogP contribution in [0.4, 0.5) is 71.6 Å². The molecule has 11 aromatic heterocycles. The van der Waals surface area contributed by atoms with Crippen LogP contribution in [0.3, 0.4) is 0 Å². The van der Waals surface area contributed by atoms with Gasteiger partial charge in [0, 0.05) is 157 Å². The van der Waals surface area contributed by atoms with Crippen molar-refractivity contribution in [2.75, 3.05) is 144 Å². The number of anilines is 4. The zero-order valence-electron chi connectivity index (χ0n) is 82.8. The molecule has 9 unspecified atom stereocenters. The first-order valence-electron chi connectivity index (χ1n) is 50.0. The number of carbonyl (C=O) groups is 4. The monoisotopic (exact) mass is 2060 g/mol. The van der Waals surface area contributed by atoms with E-state index in [-0.39, 0.29) is 85.1 Å². The maximum absolute atomic E-state index is 15.0. The molecule has 6 saturated heterocycles. The summed E-state index contributed by atoms with van der Waals surface area (Å²) in [5.74, 6) is 3.10. The molecule has 0 spiro atoms. The van der Waals surface area contributed by atoms with Crippen molar-refractivity contribution >= 4 is 90.5 Å². The number of piperidine rings is 4. The number of aliphatic hydroxyl groups is 3. The molecule has 44 heteroatoms. The Balaban J connectivity index is 0.000000135. The Labute approximate surface area is 846 Å². The lowest BCUT2D eigenvalue weighted by molar-refractivity contribution is -0.138. The number of ketones is 4. The molecule has 0 bridgehead atoms. The normalized spacial score (nSPS) is 20.9. The Morgan fingerprint density at radius 1 is 0.480 bits per heavy atom. The summed E-state index contributed by atoms with van der Waals surface area (Å²) in [6.45, 7) is 20.4. The Kier molecular flexibility index (Phi) is 33.8. The van der Waals surface area contributed by atoms with Gasteiger partial charge in [-0.1, -0.05) is 18.2 Å². The molecule has 33 nitrogen and oxygen atoms in total. The van der Waals surface area contributed by atoms with E-state index >= 15 is 4.39 Å². The summed E-state index contributed by atoms with van der Waals surface area (Å²) in [6.07, 6.45) is 9.65. The standard InChI is InChI=1S/C27H32F3N5O3.C27H32FN7O2.C25H28F4N6O2.C25H29F3N6O2/c1-17(37)23(15-36)33-10-8-19(24(38)14-33)13-34-11-9-22-25(34)31-16-32-26(22)35(21-6-7-21)12-18-2-4-20(5-3-18)27(28,29)30;1-3-33(15-20-5-6-22(13-24(20)28)35-10-4-9-31-35)26-23-8-12-34(27(23)30-18-29-26)16-21-7-11-32(14-19(2)36)17-25(21)37;1-16(36)11-33-6-4-17(20(26)13-33)12-34-7-5-19-23(34)31-15-32-24(19)35-8-9-37-14-22(35)21-3-2-18(10-30-21)25(27,28)29;1-17(35)13-32-7-4-18(5-8-32)14-33-9-6-20-23(33)30-16-31-24(20)34-10-11-36-15-22(34)21-3-2-19(12-29-21)25(26,27)28/h2-5,9,11,16,19,21,23-24,36,38H,6-8,10,12-15H2,1H3;4-6,8-10,12-13,18,21,25,37H,3,7,11,14-17H2,1-2H3;2-3,5,7,10,15,17,20,22H,4,6,8-9,11-14H2,1H3;2-3,6,9,12,16,18,22H,4-5,7-8,10-11,13-15H2,1H3. The molecule has 788 valence electrons. The highest BCUT2D eigenvalue weighted by atomic mass is 19.4. The largest absolute Gasteiger partial charge is 0.417 e. The number of ether oxygens (including phenoxy) is 2. The average molecular weight is 2060 g/mol. The zero-order chi connectivity index (χ0) is 104. The van der Waals surface area contributed by atoms with E-state index in [0.717, 1.165) is 156 Å². The number of hydrogen-bond acceptors (Lipinski definition) is 28. The van der Waals surface area contributed by atoms with Crippen molar-refractivity contribution < 1.29 is 92.3 Å². The number of nitrogens with zero attached hydrogens (tertiary/aromatic N) is 24. The Hall–Kier alpha value is -12.8. The number of pyridine rings is 2. The van der Waals surface area contributed by atoms with Gasteiger partial charge < -0.3 is 62.7 Å². The summed E-state index contributed by atoms with van der Waals surface area (Å²) in [7, 11) is 0. The van der Waals surface area contributed by atoms with Gasteiger partial charge in [-0.25, -0.2) is 53.3 Å². The molecule has 20 rings (SSSR count). The fraction of sp³-hybridized carbons (Fsp3) is 0.490. The smallest absolute Gasteiger partial charge is 0.394 e. The van der Waals surface area contributed by atoms with Crippen molar-refractivity contribution in [3.05, 3.63) is 217 Å². The number of β-amino-alcohol motifs (C(OH)–C–C–N with tert-alkyl or cyclic N) is 2.